The van der Waals surface area contributed by atoms with Crippen LogP contribution in [0.2, 0.25) is 0 Å². The van der Waals surface area contributed by atoms with Gasteiger partial charge in [0.2, 0.25) is 0 Å². The molecule has 2 nitrogen and oxygen atoms in total. The van der Waals surface area contributed by atoms with Crippen LogP contribution < -0.4 is 5.32 Å². The maximum absolute atomic E-state index is 13.3. The minimum atomic E-state index is -0.806. The fraction of sp³-hybridized carbons (Fsp3) is 0.214. The van der Waals surface area contributed by atoms with Gasteiger partial charge in [-0.15, -0.1) is 0 Å². The molecule has 0 aliphatic carbocycles. The maximum atomic E-state index is 13.3. The molecular formula is C14H14F2N2. The third kappa shape index (κ3) is 3.34. The van der Waals surface area contributed by atoms with E-state index in [1.807, 2.05) is 18.2 Å². The van der Waals surface area contributed by atoms with Crippen molar-refractivity contribution in [3.05, 3.63) is 65.5 Å². The third-order valence-electron chi connectivity index (χ3n) is 2.63. The van der Waals surface area contributed by atoms with E-state index in [1.54, 1.807) is 12.3 Å². The first-order valence-electron chi connectivity index (χ1n) is 5.81. The summed E-state index contributed by atoms with van der Waals surface area (Å²) in [4.78, 5) is 4.18. The predicted octanol–water partition coefficient (Wildman–Crippen LogP) is 2.69. The summed E-state index contributed by atoms with van der Waals surface area (Å²) in [6.07, 6.45) is 2.50. The number of hydrogen-bond donors (Lipinski definition) is 1. The van der Waals surface area contributed by atoms with E-state index in [0.717, 1.165) is 18.2 Å². The van der Waals surface area contributed by atoms with Gasteiger partial charge in [0.05, 0.1) is 0 Å². The quantitative estimate of drug-likeness (QED) is 0.823. The number of aromatic nitrogens is 1. The summed E-state index contributed by atoms with van der Waals surface area (Å²) in [5.41, 5.74) is 1.32. The van der Waals surface area contributed by atoms with Crippen LogP contribution in [0.5, 0.6) is 0 Å². The molecule has 1 N–H and O–H groups in total. The van der Waals surface area contributed by atoms with E-state index in [2.05, 4.69) is 10.3 Å². The molecule has 0 fully saturated rings. The van der Waals surface area contributed by atoms with Crippen LogP contribution in [0.4, 0.5) is 8.78 Å². The molecule has 0 aliphatic heterocycles. The molecule has 94 valence electrons. The van der Waals surface area contributed by atoms with Crippen molar-refractivity contribution in [3.63, 3.8) is 0 Å². The Labute approximate surface area is 105 Å². The van der Waals surface area contributed by atoms with Crippen LogP contribution in [0, 0.1) is 11.6 Å². The molecule has 2 aromatic rings. The molecule has 1 heterocycles. The second kappa shape index (κ2) is 6.21. The molecule has 1 aromatic heterocycles. The first kappa shape index (κ1) is 12.6. The standard InChI is InChI=1S/C14H14F2N2/c15-13-6-3-4-11(14(13)16)10-17-9-7-12-5-1-2-8-18-12/h1-6,8,17H,7,9-10H2. The lowest BCUT2D eigenvalue weighted by Gasteiger charge is -2.06. The van der Waals surface area contributed by atoms with Crippen LogP contribution in [-0.2, 0) is 13.0 Å². The van der Waals surface area contributed by atoms with Crippen molar-refractivity contribution in [2.75, 3.05) is 6.54 Å². The van der Waals surface area contributed by atoms with Gasteiger partial charge in [-0.05, 0) is 18.2 Å². The highest BCUT2D eigenvalue weighted by molar-refractivity contribution is 5.18. The van der Waals surface area contributed by atoms with Gasteiger partial charge in [0, 0.05) is 37.0 Å². The fourth-order valence-electron chi connectivity index (χ4n) is 1.67. The van der Waals surface area contributed by atoms with Crippen LogP contribution in [0.1, 0.15) is 11.3 Å². The molecule has 0 bridgehead atoms. The smallest absolute Gasteiger partial charge is 0.163 e. The molecule has 2 rings (SSSR count). The summed E-state index contributed by atoms with van der Waals surface area (Å²) >= 11 is 0. The van der Waals surface area contributed by atoms with Crippen LogP contribution in [0.3, 0.4) is 0 Å². The Balaban J connectivity index is 1.81. The lowest BCUT2D eigenvalue weighted by Crippen LogP contribution is -2.18. The second-order valence-electron chi connectivity index (χ2n) is 3.96. The van der Waals surface area contributed by atoms with Crippen molar-refractivity contribution >= 4 is 0 Å². The van der Waals surface area contributed by atoms with Gasteiger partial charge < -0.3 is 5.32 Å². The van der Waals surface area contributed by atoms with Crippen molar-refractivity contribution in [2.45, 2.75) is 13.0 Å². The van der Waals surface area contributed by atoms with Gasteiger partial charge >= 0.3 is 0 Å². The van der Waals surface area contributed by atoms with E-state index < -0.39 is 11.6 Å². The molecule has 0 spiro atoms. The van der Waals surface area contributed by atoms with Crippen molar-refractivity contribution in [2.24, 2.45) is 0 Å². The number of nitrogens with zero attached hydrogens (tertiary/aromatic N) is 1. The van der Waals surface area contributed by atoms with E-state index in [0.29, 0.717) is 18.7 Å². The van der Waals surface area contributed by atoms with Crippen molar-refractivity contribution in [1.82, 2.24) is 10.3 Å². The van der Waals surface area contributed by atoms with Crippen molar-refractivity contribution in [1.29, 1.82) is 0 Å². The zero-order valence-corrected chi connectivity index (χ0v) is 9.87. The van der Waals surface area contributed by atoms with Crippen LogP contribution in [0.15, 0.2) is 42.6 Å². The first-order chi connectivity index (χ1) is 8.77. The molecule has 0 unspecified atom stereocenters. The lowest BCUT2D eigenvalue weighted by molar-refractivity contribution is 0.493. The summed E-state index contributed by atoms with van der Waals surface area (Å²) in [7, 11) is 0. The molecule has 0 aliphatic rings. The fourth-order valence-corrected chi connectivity index (χ4v) is 1.67. The van der Waals surface area contributed by atoms with Gasteiger partial charge in [0.1, 0.15) is 0 Å². The maximum Gasteiger partial charge on any atom is 0.163 e. The lowest BCUT2D eigenvalue weighted by atomic mass is 10.2. The van der Waals surface area contributed by atoms with Gasteiger partial charge in [0.15, 0.2) is 11.6 Å². The Morgan fingerprint density at radius 1 is 1.06 bits per heavy atom. The molecular weight excluding hydrogens is 234 g/mol. The molecule has 0 saturated heterocycles. The van der Waals surface area contributed by atoms with Crippen molar-refractivity contribution < 1.29 is 8.78 Å². The Bertz CT molecular complexity index is 500. The Morgan fingerprint density at radius 2 is 1.94 bits per heavy atom. The van der Waals surface area contributed by atoms with Gasteiger partial charge in [-0.2, -0.15) is 0 Å². The number of nitrogens with one attached hydrogen (secondary N) is 1. The first-order valence-corrected chi connectivity index (χ1v) is 5.81. The average molecular weight is 248 g/mol. The molecule has 4 heteroatoms. The van der Waals surface area contributed by atoms with Crippen LogP contribution >= 0.6 is 0 Å². The Hall–Kier alpha value is -1.81. The summed E-state index contributed by atoms with van der Waals surface area (Å²) in [5.74, 6) is -1.58. The topological polar surface area (TPSA) is 24.9 Å². The highest BCUT2D eigenvalue weighted by Crippen LogP contribution is 2.10. The molecule has 18 heavy (non-hydrogen) atoms. The summed E-state index contributed by atoms with van der Waals surface area (Å²) in [6, 6.07) is 9.92. The Kier molecular flexibility index (Phi) is 4.36. The van der Waals surface area contributed by atoms with E-state index in [1.165, 1.54) is 6.07 Å². The zero-order valence-electron chi connectivity index (χ0n) is 9.87. The minimum absolute atomic E-state index is 0.316. The third-order valence-corrected chi connectivity index (χ3v) is 2.63. The van der Waals surface area contributed by atoms with Crippen molar-refractivity contribution in [3.8, 4) is 0 Å². The highest BCUT2D eigenvalue weighted by atomic mass is 19.2. The molecule has 0 saturated carbocycles. The largest absolute Gasteiger partial charge is 0.312 e. The highest BCUT2D eigenvalue weighted by Gasteiger charge is 2.06. The molecule has 0 atom stereocenters. The molecule has 1 aromatic carbocycles. The monoisotopic (exact) mass is 248 g/mol. The van der Waals surface area contributed by atoms with Crippen LogP contribution in [0.25, 0.3) is 0 Å². The van der Waals surface area contributed by atoms with E-state index in [-0.39, 0.29) is 0 Å². The van der Waals surface area contributed by atoms with Gasteiger partial charge in [0.25, 0.3) is 0 Å². The normalized spacial score (nSPS) is 10.6. The number of pyridine rings is 1. The van der Waals surface area contributed by atoms with Gasteiger partial charge in [-0.1, -0.05) is 18.2 Å². The molecule has 0 radical (unpaired) electrons. The summed E-state index contributed by atoms with van der Waals surface area (Å²) < 4.78 is 26.3. The minimum Gasteiger partial charge on any atom is -0.312 e. The van der Waals surface area contributed by atoms with Gasteiger partial charge in [-0.3, -0.25) is 4.98 Å². The molecule has 0 amide bonds. The SMILES string of the molecule is Fc1cccc(CNCCc2ccccn2)c1F. The van der Waals surface area contributed by atoms with Crippen LogP contribution in [-0.4, -0.2) is 11.5 Å². The summed E-state index contributed by atoms with van der Waals surface area (Å²) in [6.45, 7) is 0.989. The number of rotatable bonds is 5. The van der Waals surface area contributed by atoms with Gasteiger partial charge in [-0.25, -0.2) is 8.78 Å². The Morgan fingerprint density at radius 3 is 2.72 bits per heavy atom. The van der Waals surface area contributed by atoms with E-state index >= 15 is 0 Å². The number of halogens is 2. The second-order valence-corrected chi connectivity index (χ2v) is 3.96. The number of benzene rings is 1. The predicted molar refractivity (Wildman–Crippen MR) is 66.0 cm³/mol. The van der Waals surface area contributed by atoms with E-state index in [4.69, 9.17) is 0 Å². The van der Waals surface area contributed by atoms with E-state index in [9.17, 15) is 8.78 Å². The summed E-state index contributed by atoms with van der Waals surface area (Å²) in [5, 5.41) is 3.07. The number of hydrogen-bond acceptors (Lipinski definition) is 2. The average Bonchev–Trinajstić information content (AvgIpc) is 2.40. The zero-order chi connectivity index (χ0) is 12.8.